The van der Waals surface area contributed by atoms with Crippen molar-refractivity contribution in [3.8, 4) is 0 Å². The molecule has 118 valence electrons. The van der Waals surface area contributed by atoms with Gasteiger partial charge in [0.15, 0.2) is 0 Å². The van der Waals surface area contributed by atoms with Crippen molar-refractivity contribution in [2.75, 3.05) is 13.1 Å². The number of likely N-dealkylation sites (tertiary alicyclic amines) is 1. The zero-order chi connectivity index (χ0) is 15.2. The summed E-state index contributed by atoms with van der Waals surface area (Å²) in [7, 11) is 0. The topological polar surface area (TPSA) is 46.3 Å². The fraction of sp³-hybridized carbons (Fsp3) is 0.632. The van der Waals surface area contributed by atoms with E-state index < -0.39 is 0 Å². The zero-order valence-corrected chi connectivity index (χ0v) is 13.3. The Hall–Kier alpha value is -1.35. The van der Waals surface area contributed by atoms with Crippen molar-refractivity contribution in [1.82, 2.24) is 4.90 Å². The second-order valence-corrected chi connectivity index (χ2v) is 7.67. The normalized spacial score (nSPS) is 24.9. The first-order valence-electron chi connectivity index (χ1n) is 8.79. The highest BCUT2D eigenvalue weighted by molar-refractivity contribution is 5.91. The Balaban J connectivity index is 1.55. The molecular formula is C19H26N2O. The third-order valence-electron chi connectivity index (χ3n) is 5.73. The molecule has 2 N–H and O–H groups in total. The van der Waals surface area contributed by atoms with Crippen LogP contribution in [0.3, 0.4) is 0 Å². The van der Waals surface area contributed by atoms with E-state index in [1.807, 2.05) is 0 Å². The molecule has 0 spiro atoms. The molecule has 0 bridgehead atoms. The van der Waals surface area contributed by atoms with Crippen molar-refractivity contribution in [3.63, 3.8) is 0 Å². The van der Waals surface area contributed by atoms with E-state index >= 15 is 0 Å². The van der Waals surface area contributed by atoms with Crippen molar-refractivity contribution in [2.45, 2.75) is 62.3 Å². The minimum absolute atomic E-state index is 0.0339. The number of rotatable bonds is 4. The van der Waals surface area contributed by atoms with E-state index in [0.29, 0.717) is 5.91 Å². The molecule has 22 heavy (non-hydrogen) atoms. The van der Waals surface area contributed by atoms with Crippen LogP contribution in [0.2, 0.25) is 0 Å². The maximum atomic E-state index is 13.0. The van der Waals surface area contributed by atoms with Crippen LogP contribution in [-0.2, 0) is 16.6 Å². The van der Waals surface area contributed by atoms with Gasteiger partial charge in [0.1, 0.15) is 0 Å². The maximum absolute atomic E-state index is 13.0. The summed E-state index contributed by atoms with van der Waals surface area (Å²) in [6.07, 6.45) is 8.85. The van der Waals surface area contributed by atoms with Gasteiger partial charge in [-0.2, -0.15) is 0 Å². The third kappa shape index (κ3) is 2.56. The van der Waals surface area contributed by atoms with Crippen LogP contribution < -0.4 is 5.73 Å². The second-order valence-electron chi connectivity index (χ2n) is 7.67. The summed E-state index contributed by atoms with van der Waals surface area (Å²) in [5.74, 6) is 0.373. The average Bonchev–Trinajstić information content (AvgIpc) is 3.45. The van der Waals surface area contributed by atoms with Gasteiger partial charge in [0.2, 0.25) is 5.91 Å². The summed E-state index contributed by atoms with van der Waals surface area (Å²) >= 11 is 0. The molecule has 0 atom stereocenters. The summed E-state index contributed by atoms with van der Waals surface area (Å²) in [4.78, 5) is 15.1. The fourth-order valence-corrected chi connectivity index (χ4v) is 3.87. The molecule has 1 aromatic rings. The highest BCUT2D eigenvalue weighted by Gasteiger charge is 2.53. The molecule has 3 heteroatoms. The van der Waals surface area contributed by atoms with E-state index in [9.17, 15) is 4.79 Å². The van der Waals surface area contributed by atoms with E-state index in [4.69, 9.17) is 5.73 Å². The number of nitrogens with zero attached hydrogens (tertiary/aromatic N) is 1. The van der Waals surface area contributed by atoms with E-state index in [-0.39, 0.29) is 11.0 Å². The first-order chi connectivity index (χ1) is 10.6. The maximum Gasteiger partial charge on any atom is 0.233 e. The lowest BCUT2D eigenvalue weighted by molar-refractivity contribution is -0.134. The van der Waals surface area contributed by atoms with Crippen LogP contribution in [0.4, 0.5) is 0 Å². The lowest BCUT2D eigenvalue weighted by Gasteiger charge is -2.31. The molecule has 0 unspecified atom stereocenters. The molecule has 0 radical (unpaired) electrons. The Morgan fingerprint density at radius 3 is 2.45 bits per heavy atom. The van der Waals surface area contributed by atoms with Crippen molar-refractivity contribution < 1.29 is 4.79 Å². The van der Waals surface area contributed by atoms with Gasteiger partial charge in [0.25, 0.3) is 0 Å². The highest BCUT2D eigenvalue weighted by Crippen LogP contribution is 2.50. The van der Waals surface area contributed by atoms with Gasteiger partial charge in [-0.05, 0) is 62.5 Å². The number of benzene rings is 1. The van der Waals surface area contributed by atoms with Gasteiger partial charge in [-0.1, -0.05) is 24.3 Å². The predicted octanol–water partition coefficient (Wildman–Crippen LogP) is 2.76. The van der Waals surface area contributed by atoms with Crippen LogP contribution in [0.25, 0.3) is 0 Å². The highest BCUT2D eigenvalue weighted by atomic mass is 16.2. The van der Waals surface area contributed by atoms with Gasteiger partial charge in [-0.25, -0.2) is 0 Å². The fourth-order valence-electron chi connectivity index (χ4n) is 3.87. The van der Waals surface area contributed by atoms with Crippen molar-refractivity contribution in [1.29, 1.82) is 0 Å². The summed E-state index contributed by atoms with van der Waals surface area (Å²) in [5, 5.41) is 0. The summed E-state index contributed by atoms with van der Waals surface area (Å²) in [6.45, 7) is 1.90. The number of carbonyl (C=O) groups excluding carboxylic acids is 1. The molecule has 3 nitrogen and oxygen atoms in total. The van der Waals surface area contributed by atoms with Crippen molar-refractivity contribution >= 4 is 5.91 Å². The zero-order valence-electron chi connectivity index (χ0n) is 13.3. The van der Waals surface area contributed by atoms with Crippen LogP contribution in [0.1, 0.15) is 56.1 Å². The number of hydrogen-bond donors (Lipinski definition) is 1. The quantitative estimate of drug-likeness (QED) is 0.929. The SMILES string of the molecule is NC1(Cc2cccc(C3(C(=O)N4CCCCC4)CC3)c2)CC1. The molecule has 1 saturated heterocycles. The minimum Gasteiger partial charge on any atom is -0.342 e. The predicted molar refractivity (Wildman–Crippen MR) is 87.6 cm³/mol. The average molecular weight is 298 g/mol. The molecule has 1 aromatic carbocycles. The third-order valence-corrected chi connectivity index (χ3v) is 5.73. The van der Waals surface area contributed by atoms with E-state index in [1.54, 1.807) is 0 Å². The second kappa shape index (κ2) is 5.09. The van der Waals surface area contributed by atoms with Crippen LogP contribution in [0, 0.1) is 0 Å². The van der Waals surface area contributed by atoms with E-state index in [2.05, 4.69) is 29.2 Å². The van der Waals surface area contributed by atoms with Gasteiger partial charge in [-0.3, -0.25) is 4.79 Å². The van der Waals surface area contributed by atoms with Crippen LogP contribution >= 0.6 is 0 Å². The molecular weight excluding hydrogens is 272 g/mol. The van der Waals surface area contributed by atoms with Gasteiger partial charge in [0.05, 0.1) is 5.41 Å². The van der Waals surface area contributed by atoms with E-state index in [1.165, 1.54) is 17.5 Å². The Morgan fingerprint density at radius 1 is 1.09 bits per heavy atom. The van der Waals surface area contributed by atoms with E-state index in [0.717, 1.165) is 58.0 Å². The van der Waals surface area contributed by atoms with Crippen molar-refractivity contribution in [3.05, 3.63) is 35.4 Å². The molecule has 3 aliphatic rings. The molecule has 4 rings (SSSR count). The van der Waals surface area contributed by atoms with Gasteiger partial charge >= 0.3 is 0 Å². The van der Waals surface area contributed by atoms with Gasteiger partial charge < -0.3 is 10.6 Å². The number of amides is 1. The smallest absolute Gasteiger partial charge is 0.233 e. The van der Waals surface area contributed by atoms with Crippen molar-refractivity contribution in [2.24, 2.45) is 5.73 Å². The lowest BCUT2D eigenvalue weighted by Crippen LogP contribution is -2.42. The number of nitrogens with two attached hydrogens (primary N) is 1. The molecule has 3 fully saturated rings. The van der Waals surface area contributed by atoms with Crippen LogP contribution in [0.15, 0.2) is 24.3 Å². The monoisotopic (exact) mass is 298 g/mol. The molecule has 2 aliphatic carbocycles. The van der Waals surface area contributed by atoms with Gasteiger partial charge in [-0.15, -0.1) is 0 Å². The molecule has 2 saturated carbocycles. The molecule has 1 heterocycles. The Morgan fingerprint density at radius 2 is 1.82 bits per heavy atom. The van der Waals surface area contributed by atoms with Crippen LogP contribution in [-0.4, -0.2) is 29.4 Å². The molecule has 0 aromatic heterocycles. The largest absolute Gasteiger partial charge is 0.342 e. The Kier molecular flexibility index (Phi) is 3.30. The first kappa shape index (κ1) is 14.3. The standard InChI is InChI=1S/C19H26N2O/c20-18(7-8-18)14-15-5-4-6-16(13-15)19(9-10-19)17(22)21-11-2-1-3-12-21/h4-6,13H,1-3,7-12,14,20H2. The number of hydrogen-bond acceptors (Lipinski definition) is 2. The minimum atomic E-state index is -0.210. The number of carbonyl (C=O) groups is 1. The molecule has 1 aliphatic heterocycles. The first-order valence-corrected chi connectivity index (χ1v) is 8.79. The van der Waals surface area contributed by atoms with Gasteiger partial charge in [0, 0.05) is 18.6 Å². The summed E-state index contributed by atoms with van der Waals surface area (Å²) in [6, 6.07) is 8.67. The Bertz CT molecular complexity index is 581. The lowest BCUT2D eigenvalue weighted by atomic mass is 9.90. The Labute approximate surface area is 132 Å². The summed E-state index contributed by atoms with van der Waals surface area (Å²) < 4.78 is 0. The molecule has 1 amide bonds. The number of piperidine rings is 1. The summed E-state index contributed by atoms with van der Waals surface area (Å²) in [5.41, 5.74) is 8.61. The van der Waals surface area contributed by atoms with Crippen LogP contribution in [0.5, 0.6) is 0 Å².